The van der Waals surface area contributed by atoms with Gasteiger partial charge in [-0.05, 0) is 30.5 Å². The minimum Gasteiger partial charge on any atom is -0.391 e. The van der Waals surface area contributed by atoms with E-state index in [0.29, 0.717) is 18.8 Å². The van der Waals surface area contributed by atoms with Crippen molar-refractivity contribution in [2.45, 2.75) is 25.5 Å². The third-order valence-corrected chi connectivity index (χ3v) is 4.03. The Balaban J connectivity index is 1.65. The Bertz CT molecular complexity index is 660. The molecule has 5 nitrogen and oxygen atoms in total. The van der Waals surface area contributed by atoms with E-state index in [4.69, 9.17) is 0 Å². The first kappa shape index (κ1) is 15.5. The van der Waals surface area contributed by atoms with Gasteiger partial charge in [0.25, 0.3) is 5.91 Å². The van der Waals surface area contributed by atoms with Crippen LogP contribution in [0.15, 0.2) is 48.7 Å². The smallest absolute Gasteiger partial charge is 0.270 e. The van der Waals surface area contributed by atoms with Crippen LogP contribution >= 0.6 is 0 Å². The first-order valence-corrected chi connectivity index (χ1v) is 7.93. The zero-order chi connectivity index (χ0) is 16.1. The number of rotatable bonds is 4. The lowest BCUT2D eigenvalue weighted by molar-refractivity contribution is 0.0946. The monoisotopic (exact) mass is 311 g/mol. The fraction of sp³-hybridized carbons (Fsp3) is 0.333. The fourth-order valence-corrected chi connectivity index (χ4v) is 2.80. The number of amides is 1. The van der Waals surface area contributed by atoms with Gasteiger partial charge in [-0.2, -0.15) is 0 Å². The van der Waals surface area contributed by atoms with Crippen LogP contribution in [0.2, 0.25) is 0 Å². The quantitative estimate of drug-likeness (QED) is 0.906. The zero-order valence-electron chi connectivity index (χ0n) is 13.0. The molecule has 0 unspecified atom stereocenters. The summed E-state index contributed by atoms with van der Waals surface area (Å²) in [6, 6.07) is 13.5. The highest BCUT2D eigenvalue weighted by Gasteiger charge is 2.19. The first-order chi connectivity index (χ1) is 11.2. The van der Waals surface area contributed by atoms with E-state index in [1.54, 1.807) is 12.3 Å². The van der Waals surface area contributed by atoms with E-state index in [1.165, 1.54) is 0 Å². The summed E-state index contributed by atoms with van der Waals surface area (Å²) in [5.74, 6) is -0.187. The fourth-order valence-electron chi connectivity index (χ4n) is 2.80. The standard InChI is InChI=1S/C18H21N3O2/c22-16-7-4-10-21(13-16)15-8-9-19-17(11-15)18(23)20-12-14-5-2-1-3-6-14/h1-3,5-6,8-9,11,16,22H,4,7,10,12-13H2,(H,20,23)/t16-/m0/s1. The molecule has 1 saturated heterocycles. The van der Waals surface area contributed by atoms with Crippen molar-refractivity contribution in [2.24, 2.45) is 0 Å². The van der Waals surface area contributed by atoms with Crippen molar-refractivity contribution >= 4 is 11.6 Å². The number of β-amino-alcohol motifs (C(OH)–C–C–N with tert-alkyl or cyclic N) is 1. The molecule has 3 rings (SSSR count). The molecule has 2 heterocycles. The number of hydrogen-bond donors (Lipinski definition) is 2. The average molecular weight is 311 g/mol. The van der Waals surface area contributed by atoms with E-state index in [-0.39, 0.29) is 12.0 Å². The predicted octanol–water partition coefficient (Wildman–Crippen LogP) is 1.97. The lowest BCUT2D eigenvalue weighted by Crippen LogP contribution is -2.38. The Morgan fingerprint density at radius 3 is 2.91 bits per heavy atom. The van der Waals surface area contributed by atoms with Crippen molar-refractivity contribution in [3.8, 4) is 0 Å². The predicted molar refractivity (Wildman–Crippen MR) is 89.3 cm³/mol. The first-order valence-electron chi connectivity index (χ1n) is 7.93. The Hall–Kier alpha value is -2.40. The maximum Gasteiger partial charge on any atom is 0.270 e. The van der Waals surface area contributed by atoms with Crippen LogP contribution in [-0.2, 0) is 6.54 Å². The maximum atomic E-state index is 12.3. The molecule has 0 spiro atoms. The number of benzene rings is 1. The SMILES string of the molecule is O=C(NCc1ccccc1)c1cc(N2CCC[C@H](O)C2)ccn1. The van der Waals surface area contributed by atoms with E-state index in [1.807, 2.05) is 36.4 Å². The average Bonchev–Trinajstić information content (AvgIpc) is 2.61. The normalized spacial score (nSPS) is 17.8. The molecular formula is C18H21N3O2. The summed E-state index contributed by atoms with van der Waals surface area (Å²) in [7, 11) is 0. The van der Waals surface area contributed by atoms with Gasteiger partial charge in [-0.15, -0.1) is 0 Å². The van der Waals surface area contributed by atoms with Gasteiger partial charge in [0.1, 0.15) is 5.69 Å². The lowest BCUT2D eigenvalue weighted by Gasteiger charge is -2.32. The van der Waals surface area contributed by atoms with E-state index in [2.05, 4.69) is 15.2 Å². The van der Waals surface area contributed by atoms with Crippen LogP contribution in [0.5, 0.6) is 0 Å². The number of aliphatic hydroxyl groups excluding tert-OH is 1. The second-order valence-corrected chi connectivity index (χ2v) is 5.81. The molecule has 1 aliphatic heterocycles. The number of aliphatic hydroxyl groups is 1. The molecule has 2 aromatic rings. The highest BCUT2D eigenvalue weighted by Crippen LogP contribution is 2.20. The summed E-state index contributed by atoms with van der Waals surface area (Å²) in [5, 5.41) is 12.7. The summed E-state index contributed by atoms with van der Waals surface area (Å²) >= 11 is 0. The highest BCUT2D eigenvalue weighted by atomic mass is 16.3. The van der Waals surface area contributed by atoms with Crippen LogP contribution < -0.4 is 10.2 Å². The van der Waals surface area contributed by atoms with Crippen LogP contribution in [0, 0.1) is 0 Å². The number of carbonyl (C=O) groups is 1. The molecule has 1 aromatic carbocycles. The maximum absolute atomic E-state index is 12.3. The molecule has 2 N–H and O–H groups in total. The third kappa shape index (κ3) is 4.07. The number of pyridine rings is 1. The molecule has 120 valence electrons. The number of aromatic nitrogens is 1. The lowest BCUT2D eigenvalue weighted by atomic mass is 10.1. The summed E-state index contributed by atoms with van der Waals surface area (Å²) in [6.45, 7) is 1.98. The Morgan fingerprint density at radius 2 is 2.13 bits per heavy atom. The summed E-state index contributed by atoms with van der Waals surface area (Å²) in [5.41, 5.74) is 2.39. The molecule has 0 saturated carbocycles. The van der Waals surface area contributed by atoms with Crippen molar-refractivity contribution in [2.75, 3.05) is 18.0 Å². The van der Waals surface area contributed by atoms with E-state index >= 15 is 0 Å². The van der Waals surface area contributed by atoms with E-state index in [0.717, 1.165) is 30.6 Å². The number of anilines is 1. The van der Waals surface area contributed by atoms with Gasteiger partial charge in [-0.1, -0.05) is 30.3 Å². The molecule has 23 heavy (non-hydrogen) atoms. The Labute approximate surface area is 136 Å². The minimum atomic E-state index is -0.299. The van der Waals surface area contributed by atoms with Crippen molar-refractivity contribution in [3.63, 3.8) is 0 Å². The van der Waals surface area contributed by atoms with Gasteiger partial charge in [0.05, 0.1) is 6.10 Å². The second-order valence-electron chi connectivity index (χ2n) is 5.81. The van der Waals surface area contributed by atoms with Crippen LogP contribution in [0.3, 0.4) is 0 Å². The largest absolute Gasteiger partial charge is 0.391 e. The summed E-state index contributed by atoms with van der Waals surface area (Å²) in [4.78, 5) is 18.5. The molecule has 0 bridgehead atoms. The van der Waals surface area contributed by atoms with Crippen LogP contribution in [-0.4, -0.2) is 35.2 Å². The molecule has 1 amide bonds. The number of piperidine rings is 1. The van der Waals surface area contributed by atoms with Crippen molar-refractivity contribution < 1.29 is 9.90 Å². The molecule has 0 radical (unpaired) electrons. The number of nitrogens with zero attached hydrogens (tertiary/aromatic N) is 2. The Kier molecular flexibility index (Phi) is 4.88. The van der Waals surface area contributed by atoms with Gasteiger partial charge in [0.15, 0.2) is 0 Å². The third-order valence-electron chi connectivity index (χ3n) is 4.03. The number of hydrogen-bond acceptors (Lipinski definition) is 4. The van der Waals surface area contributed by atoms with E-state index < -0.39 is 0 Å². The molecule has 1 aromatic heterocycles. The van der Waals surface area contributed by atoms with Crippen molar-refractivity contribution in [3.05, 3.63) is 59.9 Å². The van der Waals surface area contributed by atoms with Crippen molar-refractivity contribution in [1.82, 2.24) is 10.3 Å². The van der Waals surface area contributed by atoms with Crippen LogP contribution in [0.4, 0.5) is 5.69 Å². The molecule has 5 heteroatoms. The minimum absolute atomic E-state index is 0.187. The second kappa shape index (κ2) is 7.24. The Morgan fingerprint density at radius 1 is 1.30 bits per heavy atom. The number of carbonyl (C=O) groups excluding carboxylic acids is 1. The van der Waals surface area contributed by atoms with Gasteiger partial charge in [-0.25, -0.2) is 0 Å². The summed E-state index contributed by atoms with van der Waals surface area (Å²) in [6.07, 6.45) is 3.14. The highest BCUT2D eigenvalue weighted by molar-refractivity contribution is 5.93. The van der Waals surface area contributed by atoms with Crippen LogP contribution in [0.1, 0.15) is 28.9 Å². The summed E-state index contributed by atoms with van der Waals surface area (Å²) < 4.78 is 0. The number of nitrogens with one attached hydrogen (secondary N) is 1. The van der Waals surface area contributed by atoms with Gasteiger partial charge in [0.2, 0.25) is 0 Å². The molecule has 0 aliphatic carbocycles. The van der Waals surface area contributed by atoms with Gasteiger partial charge in [0, 0.05) is 31.5 Å². The molecule has 1 aliphatic rings. The van der Waals surface area contributed by atoms with E-state index in [9.17, 15) is 9.90 Å². The van der Waals surface area contributed by atoms with Gasteiger partial charge >= 0.3 is 0 Å². The molecule has 1 fully saturated rings. The molecular weight excluding hydrogens is 290 g/mol. The molecule has 1 atom stereocenters. The zero-order valence-corrected chi connectivity index (χ0v) is 13.0. The van der Waals surface area contributed by atoms with Crippen molar-refractivity contribution in [1.29, 1.82) is 0 Å². The van der Waals surface area contributed by atoms with Crippen LogP contribution in [0.25, 0.3) is 0 Å². The topological polar surface area (TPSA) is 65.5 Å². The van der Waals surface area contributed by atoms with Gasteiger partial charge < -0.3 is 15.3 Å². The van der Waals surface area contributed by atoms with Gasteiger partial charge in [-0.3, -0.25) is 9.78 Å².